The second-order valence-corrected chi connectivity index (χ2v) is 19.2. The molecular weight excluding hydrogens is 544 g/mol. The topological polar surface area (TPSA) is 61.9 Å². The zero-order valence-electron chi connectivity index (χ0n) is 30.7. The van der Waals surface area contributed by atoms with Gasteiger partial charge in [-0.15, -0.1) is 0 Å². The lowest BCUT2D eigenvalue weighted by atomic mass is 9.75. The summed E-state index contributed by atoms with van der Waals surface area (Å²) < 4.78 is 27.0. The number of hydrogen-bond donors (Lipinski definition) is 0. The van der Waals surface area contributed by atoms with Crippen LogP contribution in [-0.4, -0.2) is 82.5 Å². The smallest absolute Gasteiger partial charge is 0.172 e. The summed E-state index contributed by atoms with van der Waals surface area (Å²) in [4.78, 5) is 13.3. The Balaban J connectivity index is 1.41. The van der Waals surface area contributed by atoms with Gasteiger partial charge in [0.25, 0.3) is 0 Å². The third-order valence-electron chi connectivity index (χ3n) is 10.5. The van der Waals surface area contributed by atoms with E-state index in [1.165, 1.54) is 0 Å². The molecule has 0 aromatic heterocycles. The Hall–Kier alpha value is -0.320. The van der Waals surface area contributed by atoms with Crippen LogP contribution in [-0.2, 0) is 28.6 Å². The average Bonchev–Trinajstić information content (AvgIpc) is 2.80. The number of rotatable bonds is 4. The molecule has 4 aliphatic heterocycles. The SMILES string of the molecule is CC(ON1C(C)(C)CC2(CC1(C)C)OCC1(CO2)COC2(CC(C)(C)N(OC(C)C(C)(C)C)C(C)(C)C2)OC1)C(C)(C)C. The van der Waals surface area contributed by atoms with Gasteiger partial charge in [-0.1, -0.05) is 41.5 Å². The zero-order chi connectivity index (χ0) is 32.7. The molecule has 0 bridgehead atoms. The Bertz CT molecular complexity index is 867. The molecular formula is C35H66N2O6. The van der Waals surface area contributed by atoms with E-state index in [9.17, 15) is 0 Å². The summed E-state index contributed by atoms with van der Waals surface area (Å²) >= 11 is 0. The molecule has 0 aromatic carbocycles. The molecule has 8 nitrogen and oxygen atoms in total. The molecule has 8 heteroatoms. The lowest BCUT2D eigenvalue weighted by Gasteiger charge is -2.62. The average molecular weight is 611 g/mol. The van der Waals surface area contributed by atoms with Crippen molar-refractivity contribution in [2.24, 2.45) is 16.2 Å². The van der Waals surface area contributed by atoms with Crippen LogP contribution in [0, 0.1) is 16.2 Å². The van der Waals surface area contributed by atoms with E-state index in [-0.39, 0.29) is 50.6 Å². The van der Waals surface area contributed by atoms with Crippen LogP contribution in [0.3, 0.4) is 0 Å². The van der Waals surface area contributed by atoms with E-state index in [4.69, 9.17) is 28.6 Å². The van der Waals surface area contributed by atoms with Gasteiger partial charge in [0.15, 0.2) is 11.6 Å². The van der Waals surface area contributed by atoms with Gasteiger partial charge in [-0.05, 0) is 80.1 Å². The van der Waals surface area contributed by atoms with E-state index in [0.29, 0.717) is 26.4 Å². The van der Waals surface area contributed by atoms with Crippen molar-refractivity contribution in [3.63, 3.8) is 0 Å². The highest BCUT2D eigenvalue weighted by atomic mass is 16.7. The van der Waals surface area contributed by atoms with Crippen LogP contribution in [0.4, 0.5) is 0 Å². The number of ether oxygens (including phenoxy) is 4. The molecule has 0 N–H and O–H groups in total. The van der Waals surface area contributed by atoms with Gasteiger partial charge in [0.05, 0.1) is 44.1 Å². The standard InChI is InChI=1S/C35H66N2O6/c1-25(27(3,4)5)42-36-29(9,10)17-34(18-30(36,11)12)38-21-33(22-39-34)23-40-35(41-24-33)19-31(13,14)37(32(15,16)20-35)43-26(2)28(6,7)8/h25-26H,17-24H2,1-16H3. The van der Waals surface area contributed by atoms with Gasteiger partial charge in [-0.2, -0.15) is 10.1 Å². The molecule has 0 amide bonds. The number of hydrogen-bond acceptors (Lipinski definition) is 8. The summed E-state index contributed by atoms with van der Waals surface area (Å²) in [6.45, 7) is 37.8. The number of piperidine rings is 2. The van der Waals surface area contributed by atoms with Gasteiger partial charge < -0.3 is 18.9 Å². The minimum absolute atomic E-state index is 0.0444. The van der Waals surface area contributed by atoms with Crippen LogP contribution in [0.1, 0.15) is 136 Å². The molecule has 0 saturated carbocycles. The molecule has 0 radical (unpaired) electrons. The molecule has 0 aliphatic carbocycles. The van der Waals surface area contributed by atoms with E-state index < -0.39 is 11.6 Å². The second-order valence-electron chi connectivity index (χ2n) is 19.2. The van der Waals surface area contributed by atoms with Gasteiger partial charge in [-0.25, -0.2) is 0 Å². The van der Waals surface area contributed by atoms with Crippen LogP contribution in [0.5, 0.6) is 0 Å². The fraction of sp³-hybridized carbons (Fsp3) is 1.00. The van der Waals surface area contributed by atoms with Crippen molar-refractivity contribution in [1.82, 2.24) is 10.1 Å². The van der Waals surface area contributed by atoms with E-state index in [1.807, 2.05) is 0 Å². The van der Waals surface area contributed by atoms with Crippen molar-refractivity contribution < 1.29 is 28.6 Å². The highest BCUT2D eigenvalue weighted by Crippen LogP contribution is 2.53. The Morgan fingerprint density at radius 2 is 0.721 bits per heavy atom. The first kappa shape index (κ1) is 35.5. The minimum Gasteiger partial charge on any atom is -0.349 e. The Morgan fingerprint density at radius 3 is 0.930 bits per heavy atom. The fourth-order valence-electron chi connectivity index (χ4n) is 7.77. The van der Waals surface area contributed by atoms with Gasteiger partial charge in [0.1, 0.15) is 0 Å². The van der Waals surface area contributed by atoms with Crippen LogP contribution in [0.15, 0.2) is 0 Å². The molecule has 4 aliphatic rings. The van der Waals surface area contributed by atoms with E-state index >= 15 is 0 Å². The van der Waals surface area contributed by atoms with E-state index in [0.717, 1.165) is 25.7 Å². The summed E-state index contributed by atoms with van der Waals surface area (Å²) in [5.74, 6) is -1.32. The normalized spacial score (nSPS) is 31.3. The molecule has 4 heterocycles. The molecule has 4 fully saturated rings. The maximum atomic E-state index is 6.75. The van der Waals surface area contributed by atoms with Gasteiger partial charge in [0, 0.05) is 47.8 Å². The lowest BCUT2D eigenvalue weighted by molar-refractivity contribution is -0.425. The zero-order valence-corrected chi connectivity index (χ0v) is 30.7. The molecule has 3 spiro atoms. The quantitative estimate of drug-likeness (QED) is 0.324. The van der Waals surface area contributed by atoms with Crippen molar-refractivity contribution in [2.75, 3.05) is 26.4 Å². The predicted octanol–water partition coefficient (Wildman–Crippen LogP) is 7.50. The van der Waals surface area contributed by atoms with Crippen LogP contribution in [0.2, 0.25) is 0 Å². The first-order chi connectivity index (χ1) is 19.2. The van der Waals surface area contributed by atoms with Gasteiger partial charge >= 0.3 is 0 Å². The molecule has 0 aromatic rings. The largest absolute Gasteiger partial charge is 0.349 e. The third-order valence-corrected chi connectivity index (χ3v) is 10.5. The van der Waals surface area contributed by atoms with Gasteiger partial charge in [0.2, 0.25) is 0 Å². The summed E-state index contributed by atoms with van der Waals surface area (Å²) in [5.41, 5.74) is -1.31. The number of hydroxylamine groups is 4. The maximum absolute atomic E-state index is 6.75. The van der Waals surface area contributed by atoms with Crippen molar-refractivity contribution in [2.45, 2.75) is 182 Å². The minimum atomic E-state index is -0.658. The summed E-state index contributed by atoms with van der Waals surface area (Å²) in [6.07, 6.45) is 3.08. The highest BCUT2D eigenvalue weighted by molar-refractivity contribution is 5.06. The van der Waals surface area contributed by atoms with Crippen LogP contribution < -0.4 is 0 Å². The molecule has 2 atom stereocenters. The molecule has 4 rings (SSSR count). The van der Waals surface area contributed by atoms with Crippen molar-refractivity contribution in [3.8, 4) is 0 Å². The van der Waals surface area contributed by atoms with Crippen molar-refractivity contribution in [3.05, 3.63) is 0 Å². The Kier molecular flexibility index (Phi) is 8.98. The van der Waals surface area contributed by atoms with Gasteiger partial charge in [-0.3, -0.25) is 9.68 Å². The summed E-state index contributed by atoms with van der Waals surface area (Å²) in [6, 6.07) is 0. The lowest BCUT2D eigenvalue weighted by Crippen LogP contribution is -2.71. The summed E-state index contributed by atoms with van der Waals surface area (Å²) in [5, 5.41) is 4.41. The van der Waals surface area contributed by atoms with Crippen LogP contribution in [0.25, 0.3) is 0 Å². The number of nitrogens with zero attached hydrogens (tertiary/aromatic N) is 2. The summed E-state index contributed by atoms with van der Waals surface area (Å²) in [7, 11) is 0. The molecule has 4 saturated heterocycles. The third kappa shape index (κ3) is 7.17. The molecule has 252 valence electrons. The molecule has 43 heavy (non-hydrogen) atoms. The fourth-order valence-corrected chi connectivity index (χ4v) is 7.77. The van der Waals surface area contributed by atoms with Crippen LogP contribution >= 0.6 is 0 Å². The van der Waals surface area contributed by atoms with E-state index in [2.05, 4.69) is 121 Å². The first-order valence-electron chi connectivity index (χ1n) is 16.7. The van der Waals surface area contributed by atoms with Crippen molar-refractivity contribution >= 4 is 0 Å². The first-order valence-corrected chi connectivity index (χ1v) is 16.7. The Labute approximate surface area is 263 Å². The van der Waals surface area contributed by atoms with Crippen molar-refractivity contribution in [1.29, 1.82) is 0 Å². The highest BCUT2D eigenvalue weighted by Gasteiger charge is 2.62. The maximum Gasteiger partial charge on any atom is 0.172 e. The Morgan fingerprint density at radius 1 is 0.488 bits per heavy atom. The molecule has 2 unspecified atom stereocenters. The second kappa shape index (κ2) is 10.9. The predicted molar refractivity (Wildman–Crippen MR) is 170 cm³/mol. The monoisotopic (exact) mass is 610 g/mol. The van der Waals surface area contributed by atoms with E-state index in [1.54, 1.807) is 0 Å².